The van der Waals surface area contributed by atoms with E-state index in [1.165, 1.54) is 0 Å². The van der Waals surface area contributed by atoms with Crippen molar-refractivity contribution in [3.05, 3.63) is 53.6 Å². The predicted octanol–water partition coefficient (Wildman–Crippen LogP) is 1.17. The van der Waals surface area contributed by atoms with E-state index in [1.54, 1.807) is 48.6 Å². The van der Waals surface area contributed by atoms with E-state index < -0.39 is 0 Å². The van der Waals surface area contributed by atoms with Crippen LogP contribution in [0.25, 0.3) is 0 Å². The fourth-order valence-corrected chi connectivity index (χ4v) is 1.65. The Morgan fingerprint density at radius 3 is 2.67 bits per heavy atom. The molecule has 0 saturated carbocycles. The maximum Gasteiger partial charge on any atom is 0.253 e. The fraction of sp³-hybridized carbons (Fsp3) is 0.231. The molecule has 0 unspecified atom stereocenters. The number of aromatic nitrogens is 2. The van der Waals surface area contributed by atoms with E-state index in [9.17, 15) is 4.79 Å². The van der Waals surface area contributed by atoms with Gasteiger partial charge in [-0.25, -0.2) is 4.98 Å². The molecule has 0 fully saturated rings. The zero-order chi connectivity index (χ0) is 13.0. The Balaban J connectivity index is 2.05. The topological polar surface area (TPSA) is 69.2 Å². The van der Waals surface area contributed by atoms with Crippen molar-refractivity contribution < 1.29 is 9.90 Å². The van der Waals surface area contributed by atoms with Crippen molar-refractivity contribution >= 4 is 5.91 Å². The van der Waals surface area contributed by atoms with Gasteiger partial charge in [0.25, 0.3) is 5.91 Å². The molecule has 0 aliphatic heterocycles. The Morgan fingerprint density at radius 2 is 2.11 bits per heavy atom. The van der Waals surface area contributed by atoms with Gasteiger partial charge in [-0.3, -0.25) is 4.79 Å². The molecule has 94 valence electrons. The number of H-pyrrole nitrogens is 1. The largest absolute Gasteiger partial charge is 0.392 e. The van der Waals surface area contributed by atoms with Gasteiger partial charge in [-0.1, -0.05) is 12.1 Å². The number of nitrogens with zero attached hydrogens (tertiary/aromatic N) is 2. The molecule has 5 nitrogen and oxygen atoms in total. The highest BCUT2D eigenvalue weighted by molar-refractivity contribution is 5.94. The SMILES string of the molecule is CN(Cc1ncc[nH]1)C(=O)c1ccc(CO)cc1. The summed E-state index contributed by atoms with van der Waals surface area (Å²) in [5, 5.41) is 8.94. The van der Waals surface area contributed by atoms with Crippen molar-refractivity contribution in [1.82, 2.24) is 14.9 Å². The highest BCUT2D eigenvalue weighted by Crippen LogP contribution is 2.08. The first kappa shape index (κ1) is 12.3. The third-order valence-electron chi connectivity index (χ3n) is 2.67. The number of hydrogen-bond acceptors (Lipinski definition) is 3. The summed E-state index contributed by atoms with van der Waals surface area (Å²) < 4.78 is 0. The number of aliphatic hydroxyl groups excluding tert-OH is 1. The lowest BCUT2D eigenvalue weighted by Crippen LogP contribution is -2.26. The zero-order valence-electron chi connectivity index (χ0n) is 10.1. The first-order valence-corrected chi connectivity index (χ1v) is 5.64. The number of rotatable bonds is 4. The van der Waals surface area contributed by atoms with Crippen LogP contribution in [-0.4, -0.2) is 32.9 Å². The Kier molecular flexibility index (Phi) is 3.74. The summed E-state index contributed by atoms with van der Waals surface area (Å²) in [5.74, 6) is 0.675. The summed E-state index contributed by atoms with van der Waals surface area (Å²) in [5.41, 5.74) is 1.39. The lowest BCUT2D eigenvalue weighted by atomic mass is 10.1. The number of aliphatic hydroxyl groups is 1. The second kappa shape index (κ2) is 5.46. The molecule has 0 bridgehead atoms. The maximum atomic E-state index is 12.1. The first-order chi connectivity index (χ1) is 8.70. The molecule has 1 amide bonds. The number of imidazole rings is 1. The highest BCUT2D eigenvalue weighted by atomic mass is 16.3. The quantitative estimate of drug-likeness (QED) is 0.849. The Bertz CT molecular complexity index is 506. The molecule has 0 aliphatic rings. The van der Waals surface area contributed by atoms with E-state index in [4.69, 9.17) is 5.11 Å². The molecule has 1 aromatic carbocycles. The second-order valence-corrected chi connectivity index (χ2v) is 4.05. The van der Waals surface area contributed by atoms with Gasteiger partial charge in [0.1, 0.15) is 5.82 Å². The smallest absolute Gasteiger partial charge is 0.253 e. The van der Waals surface area contributed by atoms with Gasteiger partial charge in [-0.05, 0) is 17.7 Å². The van der Waals surface area contributed by atoms with Crippen LogP contribution in [0.5, 0.6) is 0 Å². The van der Waals surface area contributed by atoms with Crippen molar-refractivity contribution in [2.75, 3.05) is 7.05 Å². The maximum absolute atomic E-state index is 12.1. The molecule has 0 atom stereocenters. The summed E-state index contributed by atoms with van der Waals surface area (Å²) >= 11 is 0. The van der Waals surface area contributed by atoms with Gasteiger partial charge in [-0.2, -0.15) is 0 Å². The number of amides is 1. The summed E-state index contributed by atoms with van der Waals surface area (Å²) in [6.07, 6.45) is 3.38. The lowest BCUT2D eigenvalue weighted by molar-refractivity contribution is 0.0782. The molecule has 0 aliphatic carbocycles. The third-order valence-corrected chi connectivity index (χ3v) is 2.67. The molecule has 0 spiro atoms. The van der Waals surface area contributed by atoms with Gasteiger partial charge < -0.3 is 15.0 Å². The normalized spacial score (nSPS) is 10.3. The second-order valence-electron chi connectivity index (χ2n) is 4.05. The molecule has 5 heteroatoms. The van der Waals surface area contributed by atoms with E-state index in [0.29, 0.717) is 12.1 Å². The molecule has 18 heavy (non-hydrogen) atoms. The van der Waals surface area contributed by atoms with E-state index in [2.05, 4.69) is 9.97 Å². The zero-order valence-corrected chi connectivity index (χ0v) is 10.1. The molecular weight excluding hydrogens is 230 g/mol. The van der Waals surface area contributed by atoms with Crippen molar-refractivity contribution in [2.45, 2.75) is 13.2 Å². The number of aromatic amines is 1. The average Bonchev–Trinajstić information content (AvgIpc) is 2.91. The van der Waals surface area contributed by atoms with Crippen LogP contribution in [0.3, 0.4) is 0 Å². The molecule has 0 saturated heterocycles. The summed E-state index contributed by atoms with van der Waals surface area (Å²) in [6, 6.07) is 6.92. The minimum Gasteiger partial charge on any atom is -0.392 e. The standard InChI is InChI=1S/C13H15N3O2/c1-16(8-12-14-6-7-15-12)13(18)11-4-2-10(9-17)3-5-11/h2-7,17H,8-9H2,1H3,(H,14,15). The van der Waals surface area contributed by atoms with Crippen LogP contribution in [0.1, 0.15) is 21.7 Å². The van der Waals surface area contributed by atoms with Crippen LogP contribution in [-0.2, 0) is 13.2 Å². The molecule has 0 radical (unpaired) electrons. The predicted molar refractivity (Wildman–Crippen MR) is 66.8 cm³/mol. The Hall–Kier alpha value is -2.14. The Morgan fingerprint density at radius 1 is 1.39 bits per heavy atom. The molecular formula is C13H15N3O2. The van der Waals surface area contributed by atoms with Crippen LogP contribution in [0.15, 0.2) is 36.7 Å². The van der Waals surface area contributed by atoms with E-state index in [-0.39, 0.29) is 12.5 Å². The third kappa shape index (κ3) is 2.75. The number of carbonyl (C=O) groups is 1. The monoisotopic (exact) mass is 245 g/mol. The van der Waals surface area contributed by atoms with Crippen molar-refractivity contribution in [1.29, 1.82) is 0 Å². The molecule has 2 aromatic rings. The van der Waals surface area contributed by atoms with E-state index in [0.717, 1.165) is 11.4 Å². The van der Waals surface area contributed by atoms with Crippen LogP contribution in [0.4, 0.5) is 0 Å². The molecule has 2 N–H and O–H groups in total. The first-order valence-electron chi connectivity index (χ1n) is 5.64. The van der Waals surface area contributed by atoms with Crippen molar-refractivity contribution in [3.63, 3.8) is 0 Å². The van der Waals surface area contributed by atoms with Crippen LogP contribution < -0.4 is 0 Å². The van der Waals surface area contributed by atoms with Crippen LogP contribution in [0, 0.1) is 0 Å². The van der Waals surface area contributed by atoms with Gasteiger partial charge in [0.2, 0.25) is 0 Å². The average molecular weight is 245 g/mol. The molecule has 2 rings (SSSR count). The Labute approximate surface area is 105 Å². The van der Waals surface area contributed by atoms with E-state index >= 15 is 0 Å². The molecule has 1 aromatic heterocycles. The minimum absolute atomic E-state index is 0.0172. The van der Waals surface area contributed by atoms with Gasteiger partial charge >= 0.3 is 0 Å². The number of nitrogens with one attached hydrogen (secondary N) is 1. The van der Waals surface area contributed by atoms with Crippen LogP contribution in [0.2, 0.25) is 0 Å². The minimum atomic E-state index is -0.0733. The number of benzene rings is 1. The fourth-order valence-electron chi connectivity index (χ4n) is 1.65. The molecule has 1 heterocycles. The van der Waals surface area contributed by atoms with Crippen molar-refractivity contribution in [3.8, 4) is 0 Å². The van der Waals surface area contributed by atoms with E-state index in [1.807, 2.05) is 0 Å². The highest BCUT2D eigenvalue weighted by Gasteiger charge is 2.12. The van der Waals surface area contributed by atoms with Gasteiger partial charge in [0.05, 0.1) is 13.2 Å². The van der Waals surface area contributed by atoms with Crippen LogP contribution >= 0.6 is 0 Å². The number of hydrogen-bond donors (Lipinski definition) is 2. The van der Waals surface area contributed by atoms with Gasteiger partial charge in [0.15, 0.2) is 0 Å². The van der Waals surface area contributed by atoms with Gasteiger partial charge in [0, 0.05) is 25.0 Å². The lowest BCUT2D eigenvalue weighted by Gasteiger charge is -2.15. The summed E-state index contributed by atoms with van der Waals surface area (Å²) in [4.78, 5) is 20.7. The van der Waals surface area contributed by atoms with Gasteiger partial charge in [-0.15, -0.1) is 0 Å². The summed E-state index contributed by atoms with van der Waals surface area (Å²) in [7, 11) is 1.73. The van der Waals surface area contributed by atoms with Crippen molar-refractivity contribution in [2.24, 2.45) is 0 Å². The summed E-state index contributed by atoms with van der Waals surface area (Å²) in [6.45, 7) is 0.421. The number of carbonyl (C=O) groups excluding carboxylic acids is 1.